The Balaban J connectivity index is 2.04. The third-order valence-corrected chi connectivity index (χ3v) is 5.07. The van der Waals surface area contributed by atoms with E-state index in [1.165, 1.54) is 18.3 Å². The van der Waals surface area contributed by atoms with Gasteiger partial charge in [-0.2, -0.15) is 0 Å². The number of ether oxygens (including phenoxy) is 1. The molecule has 0 aromatic heterocycles. The van der Waals surface area contributed by atoms with Gasteiger partial charge in [0.05, 0.1) is 23.4 Å². The predicted molar refractivity (Wildman–Crippen MR) is 87.3 cm³/mol. The van der Waals surface area contributed by atoms with Crippen LogP contribution in [0.1, 0.15) is 73.6 Å². The van der Waals surface area contributed by atoms with Crippen LogP contribution < -0.4 is 0 Å². The standard InChI is InChI=1S/C17H31BO3/c1-15(2)12-8-7-10-14(11-9-13-19-15)18-20-16(3,4)17(5,6)21-18/h11H,7-10,12-13H2,1-6H3/b14-11+. The van der Waals surface area contributed by atoms with E-state index in [1.54, 1.807) is 0 Å². The summed E-state index contributed by atoms with van der Waals surface area (Å²) in [5.41, 5.74) is 0.783. The summed E-state index contributed by atoms with van der Waals surface area (Å²) in [7, 11) is -0.192. The van der Waals surface area contributed by atoms with E-state index < -0.39 is 0 Å². The van der Waals surface area contributed by atoms with Gasteiger partial charge >= 0.3 is 7.12 Å². The molecule has 0 aromatic rings. The van der Waals surface area contributed by atoms with Gasteiger partial charge in [0.15, 0.2) is 0 Å². The Morgan fingerprint density at radius 1 is 0.952 bits per heavy atom. The van der Waals surface area contributed by atoms with Crippen LogP contribution >= 0.6 is 0 Å². The lowest BCUT2D eigenvalue weighted by atomic mass is 9.74. The van der Waals surface area contributed by atoms with Crippen LogP contribution in [0.15, 0.2) is 11.5 Å². The molecule has 21 heavy (non-hydrogen) atoms. The van der Waals surface area contributed by atoms with E-state index in [9.17, 15) is 0 Å². The minimum atomic E-state index is -0.258. The van der Waals surface area contributed by atoms with Crippen LogP contribution in [0.25, 0.3) is 0 Å². The summed E-state index contributed by atoms with van der Waals surface area (Å²) in [5, 5.41) is 0. The molecule has 0 aliphatic carbocycles. The van der Waals surface area contributed by atoms with Gasteiger partial charge < -0.3 is 14.0 Å². The first-order valence-electron chi connectivity index (χ1n) is 8.32. The third kappa shape index (κ3) is 4.11. The topological polar surface area (TPSA) is 27.7 Å². The lowest BCUT2D eigenvalue weighted by molar-refractivity contribution is -0.0230. The van der Waals surface area contributed by atoms with Crippen molar-refractivity contribution >= 4 is 7.12 Å². The molecule has 3 nitrogen and oxygen atoms in total. The smallest absolute Gasteiger partial charge is 0.400 e. The highest BCUT2D eigenvalue weighted by atomic mass is 16.7. The quantitative estimate of drug-likeness (QED) is 0.675. The highest BCUT2D eigenvalue weighted by Crippen LogP contribution is 2.39. The Kier molecular flexibility index (Phi) is 4.92. The predicted octanol–water partition coefficient (Wildman–Crippen LogP) is 4.30. The fourth-order valence-corrected chi connectivity index (χ4v) is 2.84. The maximum Gasteiger partial charge on any atom is 0.490 e. The molecule has 0 aromatic carbocycles. The molecule has 0 atom stereocenters. The Labute approximate surface area is 130 Å². The second kappa shape index (κ2) is 6.06. The van der Waals surface area contributed by atoms with Gasteiger partial charge in [-0.25, -0.2) is 0 Å². The van der Waals surface area contributed by atoms with Crippen LogP contribution in [0.3, 0.4) is 0 Å². The first-order valence-corrected chi connectivity index (χ1v) is 8.32. The second-order valence-electron chi connectivity index (χ2n) is 7.97. The van der Waals surface area contributed by atoms with Gasteiger partial charge in [-0.1, -0.05) is 18.9 Å². The molecule has 120 valence electrons. The first-order chi connectivity index (χ1) is 9.63. The zero-order valence-corrected chi connectivity index (χ0v) is 14.6. The van der Waals surface area contributed by atoms with Gasteiger partial charge in [-0.15, -0.1) is 0 Å². The van der Waals surface area contributed by atoms with E-state index in [2.05, 4.69) is 47.6 Å². The van der Waals surface area contributed by atoms with E-state index in [0.29, 0.717) is 0 Å². The maximum atomic E-state index is 6.18. The molecule has 0 radical (unpaired) electrons. The van der Waals surface area contributed by atoms with Crippen LogP contribution in [-0.2, 0) is 14.0 Å². The van der Waals surface area contributed by atoms with Crippen LogP contribution in [-0.4, -0.2) is 30.5 Å². The van der Waals surface area contributed by atoms with Gasteiger partial charge in [0.25, 0.3) is 0 Å². The average Bonchev–Trinajstić information content (AvgIpc) is 2.56. The maximum absolute atomic E-state index is 6.18. The number of hydrogen-bond donors (Lipinski definition) is 0. The SMILES string of the molecule is CC1(C)CCCC/C(B2OC(C)(C)C(C)(C)O2)=C\CCO1. The molecule has 2 heterocycles. The molecule has 4 heteroatoms. The summed E-state index contributed by atoms with van der Waals surface area (Å²) in [6.45, 7) is 13.6. The highest BCUT2D eigenvalue weighted by Gasteiger charge is 2.52. The van der Waals surface area contributed by atoms with Gasteiger partial charge in [0.2, 0.25) is 0 Å². The summed E-state index contributed by atoms with van der Waals surface area (Å²) in [4.78, 5) is 0. The molecule has 0 amide bonds. The minimum absolute atomic E-state index is 0.00961. The monoisotopic (exact) mass is 294 g/mol. The summed E-state index contributed by atoms with van der Waals surface area (Å²) >= 11 is 0. The van der Waals surface area contributed by atoms with Crippen molar-refractivity contribution in [2.75, 3.05) is 6.61 Å². The molecular formula is C17H31BO3. The van der Waals surface area contributed by atoms with Crippen molar-refractivity contribution in [3.63, 3.8) is 0 Å². The van der Waals surface area contributed by atoms with Crippen molar-refractivity contribution in [3.8, 4) is 0 Å². The van der Waals surface area contributed by atoms with E-state index in [1.807, 2.05) is 0 Å². The molecule has 1 fully saturated rings. The second-order valence-corrected chi connectivity index (χ2v) is 7.97. The van der Waals surface area contributed by atoms with Gasteiger partial charge in [0, 0.05) is 0 Å². The van der Waals surface area contributed by atoms with Gasteiger partial charge in [0.1, 0.15) is 0 Å². The van der Waals surface area contributed by atoms with Crippen molar-refractivity contribution in [3.05, 3.63) is 11.5 Å². The van der Waals surface area contributed by atoms with Crippen LogP contribution in [0.4, 0.5) is 0 Å². The number of allylic oxidation sites excluding steroid dienone is 1. The Hall–Kier alpha value is -0.315. The molecule has 0 N–H and O–H groups in total. The summed E-state index contributed by atoms with van der Waals surface area (Å²) < 4.78 is 18.3. The lowest BCUT2D eigenvalue weighted by Crippen LogP contribution is -2.41. The van der Waals surface area contributed by atoms with Gasteiger partial charge in [-0.05, 0) is 66.3 Å². The highest BCUT2D eigenvalue weighted by molar-refractivity contribution is 6.54. The summed E-state index contributed by atoms with van der Waals surface area (Å²) in [6, 6.07) is 0. The number of hydrogen-bond acceptors (Lipinski definition) is 3. The first kappa shape index (κ1) is 17.0. The van der Waals surface area contributed by atoms with Gasteiger partial charge in [-0.3, -0.25) is 0 Å². The molecular weight excluding hydrogens is 263 g/mol. The molecule has 2 rings (SSSR count). The van der Waals surface area contributed by atoms with Crippen LogP contribution in [0.5, 0.6) is 0 Å². The third-order valence-electron chi connectivity index (χ3n) is 5.07. The Morgan fingerprint density at radius 2 is 1.57 bits per heavy atom. The zero-order chi connectivity index (χ0) is 15.7. The van der Waals surface area contributed by atoms with E-state index >= 15 is 0 Å². The fourth-order valence-electron chi connectivity index (χ4n) is 2.84. The van der Waals surface area contributed by atoms with E-state index in [0.717, 1.165) is 25.9 Å². The summed E-state index contributed by atoms with van der Waals surface area (Å²) in [5.74, 6) is 0. The molecule has 2 aliphatic rings. The average molecular weight is 294 g/mol. The molecule has 0 bridgehead atoms. The Morgan fingerprint density at radius 3 is 2.19 bits per heavy atom. The molecule has 0 saturated carbocycles. The number of rotatable bonds is 1. The zero-order valence-electron chi connectivity index (χ0n) is 14.6. The van der Waals surface area contributed by atoms with Crippen molar-refractivity contribution in [1.82, 2.24) is 0 Å². The van der Waals surface area contributed by atoms with Crippen molar-refractivity contribution in [2.45, 2.75) is 90.4 Å². The molecule has 0 unspecified atom stereocenters. The molecule has 2 aliphatic heterocycles. The van der Waals surface area contributed by atoms with Crippen molar-refractivity contribution < 1.29 is 14.0 Å². The lowest BCUT2D eigenvalue weighted by Gasteiger charge is -2.32. The fraction of sp³-hybridized carbons (Fsp3) is 0.882. The van der Waals surface area contributed by atoms with E-state index in [-0.39, 0.29) is 23.9 Å². The largest absolute Gasteiger partial charge is 0.490 e. The minimum Gasteiger partial charge on any atom is -0.400 e. The normalized spacial score (nSPS) is 31.5. The van der Waals surface area contributed by atoms with E-state index in [4.69, 9.17) is 14.0 Å². The molecule has 1 saturated heterocycles. The van der Waals surface area contributed by atoms with Crippen molar-refractivity contribution in [1.29, 1.82) is 0 Å². The van der Waals surface area contributed by atoms with Crippen LogP contribution in [0, 0.1) is 0 Å². The Bertz CT molecular complexity index is 383. The van der Waals surface area contributed by atoms with Crippen molar-refractivity contribution in [2.24, 2.45) is 0 Å². The molecule has 0 spiro atoms. The van der Waals surface area contributed by atoms with Crippen LogP contribution in [0.2, 0.25) is 0 Å². The summed E-state index contributed by atoms with van der Waals surface area (Å²) in [6.07, 6.45) is 7.73.